The van der Waals surface area contributed by atoms with Crippen LogP contribution in [-0.4, -0.2) is 15.4 Å². The molecule has 0 unspecified atom stereocenters. The van der Waals surface area contributed by atoms with E-state index in [2.05, 4.69) is 9.69 Å². The molecule has 88 valence electrons. The SMILES string of the molecule is O=C(Nc1cc(CF)ns1)c1cccc(O)c1. The number of nitrogens with zero attached hydrogens (tertiary/aromatic N) is 1. The second-order valence-electron chi connectivity index (χ2n) is 3.32. The lowest BCUT2D eigenvalue weighted by Gasteiger charge is -2.01. The molecule has 6 heteroatoms. The molecule has 0 aliphatic heterocycles. The van der Waals surface area contributed by atoms with Gasteiger partial charge < -0.3 is 10.4 Å². The molecule has 0 aliphatic carbocycles. The fourth-order valence-corrected chi connectivity index (χ4v) is 1.91. The highest BCUT2D eigenvalue weighted by Crippen LogP contribution is 2.19. The van der Waals surface area contributed by atoms with Crippen molar-refractivity contribution < 1.29 is 14.3 Å². The lowest BCUT2D eigenvalue weighted by Crippen LogP contribution is -2.10. The van der Waals surface area contributed by atoms with Gasteiger partial charge in [-0.15, -0.1) is 0 Å². The maximum atomic E-state index is 12.3. The molecule has 0 fully saturated rings. The number of phenols is 1. The van der Waals surface area contributed by atoms with Crippen LogP contribution in [0.1, 0.15) is 16.1 Å². The molecule has 0 atom stereocenters. The first kappa shape index (κ1) is 11.5. The molecule has 4 nitrogen and oxygen atoms in total. The topological polar surface area (TPSA) is 62.2 Å². The van der Waals surface area contributed by atoms with Crippen LogP contribution in [0.5, 0.6) is 5.75 Å². The minimum Gasteiger partial charge on any atom is -0.508 e. The molecular weight excluding hydrogens is 243 g/mol. The van der Waals surface area contributed by atoms with E-state index in [0.29, 0.717) is 16.3 Å². The zero-order chi connectivity index (χ0) is 12.3. The molecule has 1 aromatic carbocycles. The van der Waals surface area contributed by atoms with Gasteiger partial charge >= 0.3 is 0 Å². The summed E-state index contributed by atoms with van der Waals surface area (Å²) in [4.78, 5) is 11.7. The Hall–Kier alpha value is -1.95. The highest BCUT2D eigenvalue weighted by molar-refractivity contribution is 7.10. The van der Waals surface area contributed by atoms with Crippen molar-refractivity contribution in [3.05, 3.63) is 41.6 Å². The van der Waals surface area contributed by atoms with Gasteiger partial charge in [0.15, 0.2) is 0 Å². The Balaban J connectivity index is 2.11. The lowest BCUT2D eigenvalue weighted by atomic mass is 10.2. The summed E-state index contributed by atoms with van der Waals surface area (Å²) in [6, 6.07) is 7.46. The summed E-state index contributed by atoms with van der Waals surface area (Å²) < 4.78 is 16.1. The van der Waals surface area contributed by atoms with Crippen molar-refractivity contribution in [3.63, 3.8) is 0 Å². The van der Waals surface area contributed by atoms with Crippen LogP contribution >= 0.6 is 11.5 Å². The zero-order valence-electron chi connectivity index (χ0n) is 8.68. The Kier molecular flexibility index (Phi) is 3.34. The van der Waals surface area contributed by atoms with Gasteiger partial charge in [-0.25, -0.2) is 4.39 Å². The van der Waals surface area contributed by atoms with Gasteiger partial charge in [-0.05, 0) is 35.8 Å². The van der Waals surface area contributed by atoms with Crippen LogP contribution in [0.25, 0.3) is 0 Å². The summed E-state index contributed by atoms with van der Waals surface area (Å²) in [5.74, 6) is -0.346. The van der Waals surface area contributed by atoms with Crippen LogP contribution in [-0.2, 0) is 6.67 Å². The monoisotopic (exact) mass is 252 g/mol. The van der Waals surface area contributed by atoms with Gasteiger partial charge in [0.2, 0.25) is 0 Å². The van der Waals surface area contributed by atoms with Crippen molar-refractivity contribution in [2.45, 2.75) is 6.67 Å². The number of rotatable bonds is 3. The Labute approximate surface area is 101 Å². The van der Waals surface area contributed by atoms with Gasteiger partial charge in [-0.2, -0.15) is 4.37 Å². The number of halogens is 1. The fourth-order valence-electron chi connectivity index (χ4n) is 1.26. The van der Waals surface area contributed by atoms with Crippen LogP contribution in [0.15, 0.2) is 30.3 Å². The Bertz CT molecular complexity index is 542. The van der Waals surface area contributed by atoms with Gasteiger partial charge in [0.1, 0.15) is 17.4 Å². The number of carbonyl (C=O) groups is 1. The predicted octanol–water partition coefficient (Wildman–Crippen LogP) is 2.57. The van der Waals surface area contributed by atoms with Crippen molar-refractivity contribution in [1.29, 1.82) is 0 Å². The first-order valence-corrected chi connectivity index (χ1v) is 5.58. The number of phenolic OH excluding ortho intramolecular Hbond substituents is 1. The van der Waals surface area contributed by atoms with E-state index in [9.17, 15) is 14.3 Å². The van der Waals surface area contributed by atoms with E-state index in [-0.39, 0.29) is 11.7 Å². The fraction of sp³-hybridized carbons (Fsp3) is 0.0909. The highest BCUT2D eigenvalue weighted by Gasteiger charge is 2.09. The molecular formula is C11H9FN2O2S. The molecule has 2 aromatic rings. The van der Waals surface area contributed by atoms with Crippen LogP contribution in [0.3, 0.4) is 0 Å². The van der Waals surface area contributed by atoms with Crippen LogP contribution in [0, 0.1) is 0 Å². The number of alkyl halides is 1. The Morgan fingerprint density at radius 3 is 2.94 bits per heavy atom. The molecule has 2 N–H and O–H groups in total. The predicted molar refractivity (Wildman–Crippen MR) is 63.0 cm³/mol. The number of hydrogen-bond donors (Lipinski definition) is 2. The zero-order valence-corrected chi connectivity index (χ0v) is 9.50. The summed E-state index contributed by atoms with van der Waals surface area (Å²) in [6.07, 6.45) is 0. The first-order valence-electron chi connectivity index (χ1n) is 4.81. The molecule has 0 saturated carbocycles. The molecule has 17 heavy (non-hydrogen) atoms. The van der Waals surface area contributed by atoms with Gasteiger partial charge in [0.05, 0.1) is 5.69 Å². The summed E-state index contributed by atoms with van der Waals surface area (Å²) in [7, 11) is 0. The molecule has 0 aliphatic rings. The number of aromatic nitrogens is 1. The van der Waals surface area contributed by atoms with E-state index < -0.39 is 6.67 Å². The minimum absolute atomic E-state index is 0.0198. The molecule has 1 amide bonds. The van der Waals surface area contributed by atoms with Crippen molar-refractivity contribution in [1.82, 2.24) is 4.37 Å². The maximum Gasteiger partial charge on any atom is 0.256 e. The van der Waals surface area contributed by atoms with Crippen LogP contribution in [0.4, 0.5) is 9.39 Å². The van der Waals surface area contributed by atoms with Crippen LogP contribution < -0.4 is 5.32 Å². The number of carbonyl (C=O) groups excluding carboxylic acids is 1. The summed E-state index contributed by atoms with van der Waals surface area (Å²) in [5, 5.41) is 12.3. The number of anilines is 1. The normalized spacial score (nSPS) is 10.2. The van der Waals surface area contributed by atoms with Crippen LogP contribution in [0.2, 0.25) is 0 Å². The van der Waals surface area contributed by atoms with Gasteiger partial charge in [-0.3, -0.25) is 4.79 Å². The third-order valence-corrected chi connectivity index (χ3v) is 2.78. The minimum atomic E-state index is -0.654. The van der Waals surface area contributed by atoms with Crippen molar-refractivity contribution in [3.8, 4) is 5.75 Å². The molecule has 0 spiro atoms. The molecule has 2 rings (SSSR count). The largest absolute Gasteiger partial charge is 0.508 e. The van der Waals surface area contributed by atoms with Gasteiger partial charge in [0.25, 0.3) is 5.91 Å². The van der Waals surface area contributed by atoms with E-state index in [1.54, 1.807) is 12.1 Å². The summed E-state index contributed by atoms with van der Waals surface area (Å²) >= 11 is 1.02. The summed E-state index contributed by atoms with van der Waals surface area (Å²) in [6.45, 7) is -0.654. The van der Waals surface area contributed by atoms with E-state index in [1.807, 2.05) is 0 Å². The second kappa shape index (κ2) is 4.92. The van der Waals surface area contributed by atoms with Gasteiger partial charge in [-0.1, -0.05) is 6.07 Å². The molecule has 1 heterocycles. The van der Waals surface area contributed by atoms with E-state index >= 15 is 0 Å². The quantitative estimate of drug-likeness (QED) is 0.882. The Morgan fingerprint density at radius 2 is 2.29 bits per heavy atom. The number of nitrogens with one attached hydrogen (secondary N) is 1. The molecule has 0 saturated heterocycles. The van der Waals surface area contributed by atoms with Crippen molar-refractivity contribution in [2.75, 3.05) is 5.32 Å². The lowest BCUT2D eigenvalue weighted by molar-refractivity contribution is 0.102. The Morgan fingerprint density at radius 1 is 1.47 bits per heavy atom. The molecule has 1 aromatic heterocycles. The number of aromatic hydroxyl groups is 1. The highest BCUT2D eigenvalue weighted by atomic mass is 32.1. The number of hydrogen-bond acceptors (Lipinski definition) is 4. The second-order valence-corrected chi connectivity index (χ2v) is 4.13. The average Bonchev–Trinajstić information content (AvgIpc) is 2.77. The number of amides is 1. The van der Waals surface area contributed by atoms with Crippen molar-refractivity contribution >= 4 is 22.4 Å². The third kappa shape index (κ3) is 2.79. The average molecular weight is 252 g/mol. The smallest absolute Gasteiger partial charge is 0.256 e. The van der Waals surface area contributed by atoms with E-state index in [4.69, 9.17) is 0 Å². The first-order chi connectivity index (χ1) is 8.19. The van der Waals surface area contributed by atoms with Crippen molar-refractivity contribution in [2.24, 2.45) is 0 Å². The van der Waals surface area contributed by atoms with E-state index in [0.717, 1.165) is 11.5 Å². The number of benzene rings is 1. The maximum absolute atomic E-state index is 12.3. The third-order valence-electron chi connectivity index (χ3n) is 2.04. The molecule has 0 radical (unpaired) electrons. The molecule has 0 bridgehead atoms. The standard InChI is InChI=1S/C11H9FN2O2S/c12-6-8-5-10(17-14-8)13-11(16)7-2-1-3-9(15)4-7/h1-5,15H,6H2,(H,13,16). The van der Waals surface area contributed by atoms with Gasteiger partial charge in [0, 0.05) is 5.56 Å². The van der Waals surface area contributed by atoms with E-state index in [1.165, 1.54) is 18.2 Å². The summed E-state index contributed by atoms with van der Waals surface area (Å²) in [5.41, 5.74) is 0.626.